The number of nitrogens with one attached hydrogen (secondary N) is 1. The van der Waals surface area contributed by atoms with Crippen molar-refractivity contribution in [3.05, 3.63) is 48.5 Å². The number of para-hydroxylation sites is 2. The molecule has 150 valence electrons. The van der Waals surface area contributed by atoms with Gasteiger partial charge < -0.3 is 19.5 Å². The van der Waals surface area contributed by atoms with Crippen molar-refractivity contribution in [3.63, 3.8) is 0 Å². The maximum absolute atomic E-state index is 12.5. The fourth-order valence-corrected chi connectivity index (χ4v) is 3.72. The summed E-state index contributed by atoms with van der Waals surface area (Å²) in [5.74, 6) is 1.25. The maximum atomic E-state index is 12.5. The molecule has 8 nitrogen and oxygen atoms in total. The lowest BCUT2D eigenvalue weighted by atomic mass is 10.2. The van der Waals surface area contributed by atoms with Gasteiger partial charge in [-0.1, -0.05) is 18.2 Å². The molecule has 0 radical (unpaired) electrons. The van der Waals surface area contributed by atoms with Gasteiger partial charge >= 0.3 is 0 Å². The van der Waals surface area contributed by atoms with Crippen LogP contribution in [0.5, 0.6) is 17.2 Å². The van der Waals surface area contributed by atoms with E-state index in [1.165, 1.54) is 4.31 Å². The van der Waals surface area contributed by atoms with Crippen molar-refractivity contribution in [2.24, 2.45) is 0 Å². The molecule has 1 aliphatic rings. The van der Waals surface area contributed by atoms with Crippen LogP contribution < -0.4 is 23.8 Å². The molecule has 1 amide bonds. The number of sulfonamides is 1. The SMILES string of the molecule is COc1cccc(OCCNC(=O)[C@H]2CN(S(C)(=O)=O)c3ccccc3O2)c1. The van der Waals surface area contributed by atoms with E-state index in [1.54, 1.807) is 55.6 Å². The summed E-state index contributed by atoms with van der Waals surface area (Å²) in [5, 5.41) is 2.71. The zero-order chi connectivity index (χ0) is 20.1. The second-order valence-electron chi connectivity index (χ2n) is 6.19. The monoisotopic (exact) mass is 406 g/mol. The average molecular weight is 406 g/mol. The van der Waals surface area contributed by atoms with Crippen LogP contribution in [0.1, 0.15) is 0 Å². The lowest BCUT2D eigenvalue weighted by molar-refractivity contribution is -0.127. The number of carbonyl (C=O) groups is 1. The van der Waals surface area contributed by atoms with E-state index < -0.39 is 22.0 Å². The number of methoxy groups -OCH3 is 1. The topological polar surface area (TPSA) is 94.2 Å². The van der Waals surface area contributed by atoms with Crippen molar-refractivity contribution in [1.29, 1.82) is 0 Å². The number of fused-ring (bicyclic) bond motifs is 1. The Balaban J connectivity index is 1.57. The second-order valence-corrected chi connectivity index (χ2v) is 8.09. The molecule has 1 N–H and O–H groups in total. The first-order valence-corrected chi connectivity index (χ1v) is 10.5. The van der Waals surface area contributed by atoms with E-state index in [2.05, 4.69) is 5.32 Å². The van der Waals surface area contributed by atoms with Crippen LogP contribution in [0, 0.1) is 0 Å². The molecule has 9 heteroatoms. The van der Waals surface area contributed by atoms with E-state index >= 15 is 0 Å². The van der Waals surface area contributed by atoms with Crippen LogP contribution in [0.3, 0.4) is 0 Å². The van der Waals surface area contributed by atoms with E-state index in [9.17, 15) is 13.2 Å². The third-order valence-electron chi connectivity index (χ3n) is 4.14. The molecule has 0 fully saturated rings. The van der Waals surface area contributed by atoms with Crippen LogP contribution in [-0.4, -0.2) is 53.5 Å². The Bertz CT molecular complexity index is 947. The van der Waals surface area contributed by atoms with Gasteiger partial charge in [-0.2, -0.15) is 0 Å². The minimum atomic E-state index is -3.54. The van der Waals surface area contributed by atoms with E-state index in [4.69, 9.17) is 14.2 Å². The number of rotatable bonds is 7. The standard InChI is InChI=1S/C19H22N2O6S/c1-25-14-6-5-7-15(12-14)26-11-10-20-19(22)18-13-21(28(2,23)24)16-8-3-4-9-17(16)27-18/h3-9,12,18H,10-11,13H2,1-2H3,(H,20,22)/t18-/m1/s1. The maximum Gasteiger partial charge on any atom is 0.263 e. The number of amides is 1. The van der Waals surface area contributed by atoms with Gasteiger partial charge in [0, 0.05) is 6.07 Å². The molecule has 1 heterocycles. The molecule has 2 aromatic carbocycles. The summed E-state index contributed by atoms with van der Waals surface area (Å²) in [4.78, 5) is 12.5. The highest BCUT2D eigenvalue weighted by molar-refractivity contribution is 7.92. The third kappa shape index (κ3) is 4.66. The van der Waals surface area contributed by atoms with Crippen molar-refractivity contribution in [1.82, 2.24) is 5.32 Å². The number of hydrogen-bond acceptors (Lipinski definition) is 6. The molecule has 0 bridgehead atoms. The Labute approximate surface area is 164 Å². The molecule has 0 aliphatic carbocycles. The van der Waals surface area contributed by atoms with Crippen LogP contribution in [0.25, 0.3) is 0 Å². The summed E-state index contributed by atoms with van der Waals surface area (Å²) in [7, 11) is -1.97. The van der Waals surface area contributed by atoms with Gasteiger partial charge in [-0.3, -0.25) is 9.10 Å². The second kappa shape index (κ2) is 8.39. The highest BCUT2D eigenvalue weighted by atomic mass is 32.2. The Morgan fingerprint density at radius 2 is 1.96 bits per heavy atom. The molecule has 1 atom stereocenters. The largest absolute Gasteiger partial charge is 0.497 e. The van der Waals surface area contributed by atoms with Gasteiger partial charge in [0.2, 0.25) is 10.0 Å². The molecule has 2 aromatic rings. The zero-order valence-corrected chi connectivity index (χ0v) is 16.4. The number of nitrogens with zero attached hydrogens (tertiary/aromatic N) is 1. The molecule has 0 spiro atoms. The molecule has 0 saturated carbocycles. The summed E-state index contributed by atoms with van der Waals surface area (Å²) >= 11 is 0. The molecule has 28 heavy (non-hydrogen) atoms. The van der Waals surface area contributed by atoms with E-state index in [1.807, 2.05) is 0 Å². The molecule has 0 aromatic heterocycles. The normalized spacial score (nSPS) is 15.9. The summed E-state index contributed by atoms with van der Waals surface area (Å²) in [6.07, 6.45) is 0.160. The van der Waals surface area contributed by atoms with Crippen LogP contribution in [0.4, 0.5) is 5.69 Å². The lowest BCUT2D eigenvalue weighted by Crippen LogP contribution is -2.51. The quantitative estimate of drug-likeness (QED) is 0.699. The number of ether oxygens (including phenoxy) is 3. The molecular weight excluding hydrogens is 384 g/mol. The van der Waals surface area contributed by atoms with Crippen molar-refractivity contribution >= 4 is 21.6 Å². The van der Waals surface area contributed by atoms with Crippen LogP contribution >= 0.6 is 0 Å². The number of carbonyl (C=O) groups excluding carboxylic acids is 1. The summed E-state index contributed by atoms with van der Waals surface area (Å²) in [6.45, 7) is 0.410. The van der Waals surface area contributed by atoms with E-state index in [-0.39, 0.29) is 19.7 Å². The van der Waals surface area contributed by atoms with Gasteiger partial charge in [-0.15, -0.1) is 0 Å². The van der Waals surface area contributed by atoms with E-state index in [0.29, 0.717) is 22.9 Å². The molecule has 1 aliphatic heterocycles. The Kier molecular flexibility index (Phi) is 5.93. The number of hydrogen-bond donors (Lipinski definition) is 1. The first-order chi connectivity index (χ1) is 13.4. The Morgan fingerprint density at radius 3 is 2.71 bits per heavy atom. The van der Waals surface area contributed by atoms with Crippen molar-refractivity contribution in [2.75, 3.05) is 37.4 Å². The van der Waals surface area contributed by atoms with Gasteiger partial charge in [0.15, 0.2) is 6.10 Å². The van der Waals surface area contributed by atoms with Gasteiger partial charge in [-0.05, 0) is 24.3 Å². The Hall–Kier alpha value is -2.94. The van der Waals surface area contributed by atoms with Crippen molar-refractivity contribution < 1.29 is 27.4 Å². The van der Waals surface area contributed by atoms with Crippen LogP contribution in [-0.2, 0) is 14.8 Å². The fourth-order valence-electron chi connectivity index (χ4n) is 2.80. The van der Waals surface area contributed by atoms with E-state index in [0.717, 1.165) is 6.26 Å². The molecule has 3 rings (SSSR count). The van der Waals surface area contributed by atoms with Gasteiger partial charge in [0.25, 0.3) is 5.91 Å². The predicted molar refractivity (Wildman–Crippen MR) is 105 cm³/mol. The molecule has 0 unspecified atom stereocenters. The summed E-state index contributed by atoms with van der Waals surface area (Å²) < 4.78 is 41.8. The fraction of sp³-hybridized carbons (Fsp3) is 0.316. The van der Waals surface area contributed by atoms with Gasteiger partial charge in [0.05, 0.1) is 32.1 Å². The summed E-state index contributed by atoms with van der Waals surface area (Å²) in [6, 6.07) is 13.9. The first kappa shape index (κ1) is 19.8. The predicted octanol–water partition coefficient (Wildman–Crippen LogP) is 1.42. The van der Waals surface area contributed by atoms with Crippen LogP contribution in [0.2, 0.25) is 0 Å². The van der Waals surface area contributed by atoms with Crippen molar-refractivity contribution in [2.45, 2.75) is 6.10 Å². The zero-order valence-electron chi connectivity index (χ0n) is 15.6. The molecule has 0 saturated heterocycles. The summed E-state index contributed by atoms with van der Waals surface area (Å²) in [5.41, 5.74) is 0.426. The average Bonchev–Trinajstić information content (AvgIpc) is 2.69. The highest BCUT2D eigenvalue weighted by Gasteiger charge is 2.34. The van der Waals surface area contributed by atoms with Gasteiger partial charge in [0.1, 0.15) is 23.9 Å². The Morgan fingerprint density at radius 1 is 1.21 bits per heavy atom. The first-order valence-electron chi connectivity index (χ1n) is 8.66. The third-order valence-corrected chi connectivity index (χ3v) is 5.29. The molecular formula is C19H22N2O6S. The minimum absolute atomic E-state index is 0.0849. The smallest absolute Gasteiger partial charge is 0.263 e. The number of benzene rings is 2. The highest BCUT2D eigenvalue weighted by Crippen LogP contribution is 2.34. The minimum Gasteiger partial charge on any atom is -0.497 e. The lowest BCUT2D eigenvalue weighted by Gasteiger charge is -2.33. The van der Waals surface area contributed by atoms with Crippen LogP contribution in [0.15, 0.2) is 48.5 Å². The number of anilines is 1. The van der Waals surface area contributed by atoms with Crippen molar-refractivity contribution in [3.8, 4) is 17.2 Å². The van der Waals surface area contributed by atoms with Gasteiger partial charge in [-0.25, -0.2) is 8.42 Å².